The second-order valence-electron chi connectivity index (χ2n) is 6.15. The molecule has 0 atom stereocenters. The van der Waals surface area contributed by atoms with Gasteiger partial charge in [0.1, 0.15) is 5.52 Å². The van der Waals surface area contributed by atoms with Crippen LogP contribution in [0.2, 0.25) is 5.02 Å². The topological polar surface area (TPSA) is 75.9 Å². The quantitative estimate of drug-likeness (QED) is 0.764. The summed E-state index contributed by atoms with van der Waals surface area (Å²) in [7, 11) is 1.86. The van der Waals surface area contributed by atoms with Gasteiger partial charge in [-0.1, -0.05) is 11.6 Å². The molecule has 4 rings (SSSR count). The molecule has 1 aromatic carbocycles. The minimum atomic E-state index is -0.138. The third kappa shape index (κ3) is 3.15. The number of likely N-dealkylation sites (tertiary alicyclic amines) is 1. The van der Waals surface area contributed by atoms with Crippen molar-refractivity contribution in [1.82, 2.24) is 24.9 Å². The van der Waals surface area contributed by atoms with Gasteiger partial charge in [0.05, 0.1) is 11.2 Å². The summed E-state index contributed by atoms with van der Waals surface area (Å²) in [4.78, 5) is 14.0. The number of nitrogens with one attached hydrogen (secondary N) is 1. The monoisotopic (exact) mass is 356 g/mol. The zero-order chi connectivity index (χ0) is 17.4. The van der Waals surface area contributed by atoms with E-state index in [-0.39, 0.29) is 6.03 Å². The highest BCUT2D eigenvalue weighted by atomic mass is 35.5. The molecule has 0 aliphatic carbocycles. The van der Waals surface area contributed by atoms with Crippen molar-refractivity contribution in [3.8, 4) is 11.1 Å². The van der Waals surface area contributed by atoms with Crippen LogP contribution in [-0.4, -0.2) is 44.0 Å². The smallest absolute Gasteiger partial charge is 0.323 e. The number of benzene rings is 1. The molecule has 2 aromatic heterocycles. The molecule has 2 amide bonds. The van der Waals surface area contributed by atoms with E-state index in [4.69, 9.17) is 11.6 Å². The van der Waals surface area contributed by atoms with E-state index in [1.165, 1.54) is 0 Å². The van der Waals surface area contributed by atoms with Crippen molar-refractivity contribution in [2.45, 2.75) is 12.8 Å². The number of nitrogens with zero attached hydrogens (tertiary/aromatic N) is 5. The Hall–Kier alpha value is -2.67. The summed E-state index contributed by atoms with van der Waals surface area (Å²) in [6.45, 7) is 1.56. The van der Waals surface area contributed by atoms with E-state index in [1.807, 2.05) is 25.4 Å². The van der Waals surface area contributed by atoms with E-state index in [1.54, 1.807) is 21.8 Å². The molecule has 1 fully saturated rings. The molecule has 8 heteroatoms. The van der Waals surface area contributed by atoms with Crippen LogP contribution < -0.4 is 5.32 Å². The molecule has 0 spiro atoms. The van der Waals surface area contributed by atoms with Crippen LogP contribution in [0, 0.1) is 0 Å². The molecular weight excluding hydrogens is 340 g/mol. The third-order valence-electron chi connectivity index (χ3n) is 4.31. The zero-order valence-electron chi connectivity index (χ0n) is 13.7. The fourth-order valence-corrected chi connectivity index (χ4v) is 3.29. The Balaban J connectivity index is 1.67. The molecule has 3 heterocycles. The van der Waals surface area contributed by atoms with Crippen LogP contribution in [0.25, 0.3) is 22.0 Å². The van der Waals surface area contributed by atoms with Crippen LogP contribution in [0.3, 0.4) is 0 Å². The van der Waals surface area contributed by atoms with Crippen LogP contribution in [0.4, 0.5) is 10.6 Å². The molecule has 0 unspecified atom stereocenters. The lowest BCUT2D eigenvalue weighted by Crippen LogP contribution is -2.32. The van der Waals surface area contributed by atoms with Gasteiger partial charge in [-0.25, -0.2) is 4.79 Å². The Bertz CT molecular complexity index is 947. The van der Waals surface area contributed by atoms with Gasteiger partial charge in [-0.2, -0.15) is 5.10 Å². The first-order valence-electron chi connectivity index (χ1n) is 8.12. The fourth-order valence-electron chi connectivity index (χ4n) is 3.02. The maximum Gasteiger partial charge on any atom is 0.323 e. The Kier molecular flexibility index (Phi) is 4.01. The lowest BCUT2D eigenvalue weighted by molar-refractivity contribution is 0.222. The predicted molar refractivity (Wildman–Crippen MR) is 96.6 cm³/mol. The molecule has 25 heavy (non-hydrogen) atoms. The van der Waals surface area contributed by atoms with Crippen molar-refractivity contribution in [3.05, 3.63) is 35.6 Å². The molecule has 7 nitrogen and oxygen atoms in total. The predicted octanol–water partition coefficient (Wildman–Crippen LogP) is 3.31. The molecule has 1 aliphatic heterocycles. The second-order valence-corrected chi connectivity index (χ2v) is 6.56. The molecule has 1 aliphatic rings. The second kappa shape index (κ2) is 6.33. The Labute approximate surface area is 149 Å². The van der Waals surface area contributed by atoms with Crippen molar-refractivity contribution >= 4 is 34.4 Å². The van der Waals surface area contributed by atoms with Gasteiger partial charge < -0.3 is 4.90 Å². The molecule has 0 saturated carbocycles. The van der Waals surface area contributed by atoms with E-state index in [0.29, 0.717) is 16.4 Å². The van der Waals surface area contributed by atoms with Crippen LogP contribution >= 0.6 is 11.6 Å². The Morgan fingerprint density at radius 2 is 1.96 bits per heavy atom. The van der Waals surface area contributed by atoms with Gasteiger partial charge in [-0.15, -0.1) is 10.2 Å². The van der Waals surface area contributed by atoms with E-state index < -0.39 is 0 Å². The third-order valence-corrected chi connectivity index (χ3v) is 4.60. The fraction of sp³-hybridized carbons (Fsp3) is 0.294. The number of halogens is 1. The van der Waals surface area contributed by atoms with E-state index in [9.17, 15) is 4.79 Å². The van der Waals surface area contributed by atoms with Crippen molar-refractivity contribution < 1.29 is 4.79 Å². The van der Waals surface area contributed by atoms with Gasteiger partial charge in [0.2, 0.25) is 0 Å². The lowest BCUT2D eigenvalue weighted by Gasteiger charge is -2.15. The number of amides is 2. The number of carbonyl (C=O) groups excluding carboxylic acids is 1. The summed E-state index contributed by atoms with van der Waals surface area (Å²) in [6.07, 6.45) is 5.78. The molecule has 128 valence electrons. The van der Waals surface area contributed by atoms with Gasteiger partial charge >= 0.3 is 6.03 Å². The first-order chi connectivity index (χ1) is 12.1. The first kappa shape index (κ1) is 15.8. The number of fused-ring (bicyclic) bond motifs is 1. The highest BCUT2D eigenvalue weighted by Gasteiger charge is 2.18. The number of aryl methyl sites for hydroxylation is 1. The highest BCUT2D eigenvalue weighted by molar-refractivity contribution is 6.35. The van der Waals surface area contributed by atoms with Crippen molar-refractivity contribution in [2.75, 3.05) is 18.4 Å². The summed E-state index contributed by atoms with van der Waals surface area (Å²) >= 11 is 6.36. The number of urea groups is 1. The summed E-state index contributed by atoms with van der Waals surface area (Å²) in [6, 6.07) is 5.47. The normalized spacial score (nSPS) is 14.2. The molecule has 3 aromatic rings. The maximum atomic E-state index is 12.2. The average molecular weight is 357 g/mol. The van der Waals surface area contributed by atoms with E-state index >= 15 is 0 Å². The van der Waals surface area contributed by atoms with Crippen LogP contribution in [-0.2, 0) is 7.05 Å². The summed E-state index contributed by atoms with van der Waals surface area (Å²) in [5.74, 6) is 0.420. The standard InChI is InChI=1S/C17H17ClN6O/c1-23-10-13(9-19-23)11-6-12-8-15(21-22-16(12)14(18)7-11)20-17(25)24-4-2-3-5-24/h6-10H,2-5H2,1H3,(H,20,21,25). The molecule has 1 saturated heterocycles. The van der Waals surface area contributed by atoms with Crippen LogP contribution in [0.15, 0.2) is 30.6 Å². The highest BCUT2D eigenvalue weighted by Crippen LogP contribution is 2.30. The van der Waals surface area contributed by atoms with Crippen molar-refractivity contribution in [3.63, 3.8) is 0 Å². The average Bonchev–Trinajstić information content (AvgIpc) is 3.26. The summed E-state index contributed by atoms with van der Waals surface area (Å²) in [5.41, 5.74) is 2.51. The molecule has 0 radical (unpaired) electrons. The lowest BCUT2D eigenvalue weighted by atomic mass is 10.1. The van der Waals surface area contributed by atoms with Gasteiger partial charge in [0, 0.05) is 37.3 Å². The van der Waals surface area contributed by atoms with Crippen LogP contribution in [0.1, 0.15) is 12.8 Å². The summed E-state index contributed by atoms with van der Waals surface area (Å²) < 4.78 is 1.74. The minimum absolute atomic E-state index is 0.138. The van der Waals surface area contributed by atoms with Crippen molar-refractivity contribution in [1.29, 1.82) is 0 Å². The SMILES string of the molecule is Cn1cc(-c2cc(Cl)c3nnc(NC(=O)N4CCCC4)cc3c2)cn1. The zero-order valence-corrected chi connectivity index (χ0v) is 14.5. The molecule has 1 N–H and O–H groups in total. The van der Waals surface area contributed by atoms with Gasteiger partial charge in [0.15, 0.2) is 5.82 Å². The number of anilines is 1. The van der Waals surface area contributed by atoms with Gasteiger partial charge in [-0.05, 0) is 36.6 Å². The first-order valence-corrected chi connectivity index (χ1v) is 8.50. The number of carbonyl (C=O) groups is 1. The number of aromatic nitrogens is 4. The Morgan fingerprint density at radius 3 is 2.68 bits per heavy atom. The van der Waals surface area contributed by atoms with Crippen molar-refractivity contribution in [2.24, 2.45) is 7.05 Å². The van der Waals surface area contributed by atoms with Gasteiger partial charge in [0.25, 0.3) is 0 Å². The largest absolute Gasteiger partial charge is 0.324 e. The van der Waals surface area contributed by atoms with Crippen LogP contribution in [0.5, 0.6) is 0 Å². The van der Waals surface area contributed by atoms with E-state index in [0.717, 1.165) is 42.4 Å². The summed E-state index contributed by atoms with van der Waals surface area (Å²) in [5, 5.41) is 16.6. The molecular formula is C17H17ClN6O. The minimum Gasteiger partial charge on any atom is -0.324 e. The number of hydrogen-bond acceptors (Lipinski definition) is 4. The van der Waals surface area contributed by atoms with E-state index in [2.05, 4.69) is 20.6 Å². The Morgan fingerprint density at radius 1 is 1.16 bits per heavy atom. The number of hydrogen-bond donors (Lipinski definition) is 1. The molecule has 0 bridgehead atoms. The van der Waals surface area contributed by atoms with Gasteiger partial charge in [-0.3, -0.25) is 10.00 Å². The maximum absolute atomic E-state index is 12.2. The number of rotatable bonds is 2.